The number of nitrogen functional groups attached to an aromatic ring is 1. The van der Waals surface area contributed by atoms with E-state index in [9.17, 15) is 4.79 Å². The van der Waals surface area contributed by atoms with Crippen molar-refractivity contribution in [3.63, 3.8) is 0 Å². The molecule has 0 saturated heterocycles. The lowest BCUT2D eigenvalue weighted by Gasteiger charge is -2.05. The monoisotopic (exact) mass is 315 g/mol. The molecule has 0 bridgehead atoms. The molecule has 2 aromatic rings. The fourth-order valence-corrected chi connectivity index (χ4v) is 3.50. The third-order valence-corrected chi connectivity index (χ3v) is 4.60. The second kappa shape index (κ2) is 5.41. The number of rotatable bonds is 3. The molecule has 1 aromatic carbocycles. The Balaban J connectivity index is 2.71. The first kappa shape index (κ1) is 14.2. The molecule has 0 unspecified atom stereocenters. The van der Waals surface area contributed by atoms with Gasteiger partial charge >= 0.3 is 5.97 Å². The Morgan fingerprint density at radius 3 is 2.68 bits per heavy atom. The van der Waals surface area contributed by atoms with Crippen molar-refractivity contribution < 1.29 is 9.90 Å². The number of thiophene rings is 1. The lowest BCUT2D eigenvalue weighted by molar-refractivity contribution is 0.0703. The molecule has 0 atom stereocenters. The number of carbonyl (C=O) groups is 1. The Morgan fingerprint density at radius 2 is 2.11 bits per heavy atom. The summed E-state index contributed by atoms with van der Waals surface area (Å²) in [5.41, 5.74) is 7.72. The van der Waals surface area contributed by atoms with Crippen molar-refractivity contribution in [1.82, 2.24) is 0 Å². The molecule has 0 saturated carbocycles. The summed E-state index contributed by atoms with van der Waals surface area (Å²) >= 11 is 13.3. The zero-order chi connectivity index (χ0) is 14.2. The van der Waals surface area contributed by atoms with Crippen molar-refractivity contribution >= 4 is 46.2 Å². The number of halogens is 2. The average Bonchev–Trinajstić information content (AvgIpc) is 2.69. The first-order valence-electron chi connectivity index (χ1n) is 5.55. The Bertz CT molecular complexity index is 652. The van der Waals surface area contributed by atoms with Gasteiger partial charge in [-0.3, -0.25) is 0 Å². The minimum Gasteiger partial charge on any atom is -0.477 e. The van der Waals surface area contributed by atoms with Crippen LogP contribution in [0.1, 0.15) is 22.2 Å². The Morgan fingerprint density at radius 1 is 1.42 bits per heavy atom. The van der Waals surface area contributed by atoms with Gasteiger partial charge in [0.25, 0.3) is 0 Å². The average molecular weight is 316 g/mol. The summed E-state index contributed by atoms with van der Waals surface area (Å²) in [4.78, 5) is 12.1. The van der Waals surface area contributed by atoms with Crippen molar-refractivity contribution in [2.45, 2.75) is 13.3 Å². The van der Waals surface area contributed by atoms with E-state index in [-0.39, 0.29) is 4.88 Å². The highest BCUT2D eigenvalue weighted by molar-refractivity contribution is 7.18. The summed E-state index contributed by atoms with van der Waals surface area (Å²) in [7, 11) is 0. The molecular formula is C13H11Cl2NO2S. The molecule has 0 aliphatic rings. The molecule has 0 radical (unpaired) electrons. The molecule has 6 heteroatoms. The molecule has 0 spiro atoms. The van der Waals surface area contributed by atoms with Gasteiger partial charge in [-0.1, -0.05) is 30.1 Å². The van der Waals surface area contributed by atoms with Crippen LogP contribution in [0.3, 0.4) is 0 Å². The second-order valence-electron chi connectivity index (χ2n) is 3.94. The smallest absolute Gasteiger partial charge is 0.348 e. The van der Waals surface area contributed by atoms with Gasteiger partial charge in [-0.15, -0.1) is 11.3 Å². The zero-order valence-electron chi connectivity index (χ0n) is 10.0. The van der Waals surface area contributed by atoms with Crippen LogP contribution in [0.2, 0.25) is 10.0 Å². The van der Waals surface area contributed by atoms with E-state index in [4.69, 9.17) is 34.0 Å². The minimum absolute atomic E-state index is 0.142. The van der Waals surface area contributed by atoms with E-state index >= 15 is 0 Å². The topological polar surface area (TPSA) is 63.3 Å². The molecule has 0 amide bonds. The number of hydrogen-bond acceptors (Lipinski definition) is 3. The van der Waals surface area contributed by atoms with Crippen LogP contribution < -0.4 is 5.73 Å². The Labute approximate surface area is 124 Å². The number of benzene rings is 1. The maximum atomic E-state index is 11.2. The van der Waals surface area contributed by atoms with Crippen molar-refractivity contribution in [1.29, 1.82) is 0 Å². The molecule has 100 valence electrons. The number of nitrogens with two attached hydrogens (primary N) is 1. The highest BCUT2D eigenvalue weighted by Gasteiger charge is 2.21. The van der Waals surface area contributed by atoms with E-state index in [1.165, 1.54) is 0 Å². The molecular weight excluding hydrogens is 305 g/mol. The summed E-state index contributed by atoms with van der Waals surface area (Å²) in [6.45, 7) is 1.92. The van der Waals surface area contributed by atoms with Gasteiger partial charge in [-0.2, -0.15) is 0 Å². The van der Waals surface area contributed by atoms with Crippen LogP contribution in [0.4, 0.5) is 5.69 Å². The highest BCUT2D eigenvalue weighted by Crippen LogP contribution is 2.42. The fourth-order valence-electron chi connectivity index (χ4n) is 1.88. The van der Waals surface area contributed by atoms with Crippen LogP contribution in [-0.4, -0.2) is 11.1 Å². The summed E-state index contributed by atoms with van der Waals surface area (Å²) in [6, 6.07) is 5.10. The summed E-state index contributed by atoms with van der Waals surface area (Å²) in [5.74, 6) is -1.03. The van der Waals surface area contributed by atoms with Crippen LogP contribution in [0, 0.1) is 0 Å². The number of hydrogen-bond donors (Lipinski definition) is 2. The molecule has 3 nitrogen and oxygen atoms in total. The van der Waals surface area contributed by atoms with Gasteiger partial charge in [0, 0.05) is 20.5 Å². The quantitative estimate of drug-likeness (QED) is 0.872. The van der Waals surface area contributed by atoms with Gasteiger partial charge < -0.3 is 10.8 Å². The summed E-state index contributed by atoms with van der Waals surface area (Å²) in [5, 5.41) is 10.2. The van der Waals surface area contributed by atoms with Crippen LogP contribution in [0.25, 0.3) is 10.4 Å². The van der Waals surface area contributed by atoms with E-state index in [0.717, 1.165) is 27.3 Å². The predicted molar refractivity (Wildman–Crippen MR) is 80.5 cm³/mol. The molecule has 1 heterocycles. The lowest BCUT2D eigenvalue weighted by atomic mass is 10.1. The van der Waals surface area contributed by atoms with Gasteiger partial charge in [0.05, 0.1) is 5.69 Å². The number of carboxylic acids is 1. The van der Waals surface area contributed by atoms with Gasteiger partial charge in [-0.05, 0) is 30.2 Å². The van der Waals surface area contributed by atoms with E-state index in [1.807, 2.05) is 6.92 Å². The number of carboxylic acid groups (broad SMARTS) is 1. The van der Waals surface area contributed by atoms with E-state index < -0.39 is 5.97 Å². The van der Waals surface area contributed by atoms with E-state index in [0.29, 0.717) is 22.2 Å². The van der Waals surface area contributed by atoms with Crippen LogP contribution in [-0.2, 0) is 6.42 Å². The van der Waals surface area contributed by atoms with Crippen molar-refractivity contribution in [2.24, 2.45) is 0 Å². The van der Waals surface area contributed by atoms with Crippen LogP contribution >= 0.6 is 34.5 Å². The standard InChI is InChI=1S/C13H11Cl2NO2S/c1-2-7-10(16)12(13(17)18)19-11(7)8-5-6(14)3-4-9(8)15/h3-5H,2,16H2,1H3,(H,17,18). The van der Waals surface area contributed by atoms with Gasteiger partial charge in [0.2, 0.25) is 0 Å². The highest BCUT2D eigenvalue weighted by atomic mass is 35.5. The number of anilines is 1. The molecule has 3 N–H and O–H groups in total. The van der Waals surface area contributed by atoms with E-state index in [2.05, 4.69) is 0 Å². The van der Waals surface area contributed by atoms with Crippen molar-refractivity contribution in [3.8, 4) is 10.4 Å². The zero-order valence-corrected chi connectivity index (χ0v) is 12.4. The Kier molecular flexibility index (Phi) is 4.04. The van der Waals surface area contributed by atoms with Gasteiger partial charge in [-0.25, -0.2) is 4.79 Å². The third kappa shape index (κ3) is 2.56. The lowest BCUT2D eigenvalue weighted by Crippen LogP contribution is -1.99. The molecule has 19 heavy (non-hydrogen) atoms. The largest absolute Gasteiger partial charge is 0.477 e. The van der Waals surface area contributed by atoms with Crippen LogP contribution in [0.15, 0.2) is 18.2 Å². The summed E-state index contributed by atoms with van der Waals surface area (Å²) in [6.07, 6.45) is 0.633. The second-order valence-corrected chi connectivity index (χ2v) is 5.80. The maximum absolute atomic E-state index is 11.2. The first-order valence-corrected chi connectivity index (χ1v) is 7.12. The van der Waals surface area contributed by atoms with Gasteiger partial charge in [0.1, 0.15) is 4.88 Å². The third-order valence-electron chi connectivity index (χ3n) is 2.77. The minimum atomic E-state index is -1.03. The van der Waals surface area contributed by atoms with Crippen molar-refractivity contribution in [2.75, 3.05) is 5.73 Å². The van der Waals surface area contributed by atoms with Gasteiger partial charge in [0.15, 0.2) is 0 Å². The maximum Gasteiger partial charge on any atom is 0.348 e. The Hall–Kier alpha value is -1.23. The summed E-state index contributed by atoms with van der Waals surface area (Å²) < 4.78 is 0. The first-order chi connectivity index (χ1) is 8.95. The predicted octanol–water partition coefficient (Wildman–Crippen LogP) is 4.56. The normalized spacial score (nSPS) is 10.7. The number of aromatic carboxylic acids is 1. The van der Waals surface area contributed by atoms with Crippen molar-refractivity contribution in [3.05, 3.63) is 38.7 Å². The molecule has 1 aromatic heterocycles. The fraction of sp³-hybridized carbons (Fsp3) is 0.154. The molecule has 2 rings (SSSR count). The van der Waals surface area contributed by atoms with E-state index in [1.54, 1.807) is 18.2 Å². The van der Waals surface area contributed by atoms with Crippen LogP contribution in [0.5, 0.6) is 0 Å². The molecule has 0 aliphatic carbocycles. The molecule has 0 fully saturated rings. The molecule has 0 aliphatic heterocycles. The SMILES string of the molecule is CCc1c(-c2cc(Cl)ccc2Cl)sc(C(=O)O)c1N.